The Balaban J connectivity index is 2.17. The Morgan fingerprint density at radius 2 is 1.96 bits per heavy atom. The highest BCUT2D eigenvalue weighted by molar-refractivity contribution is 5.92. The van der Waals surface area contributed by atoms with Gasteiger partial charge in [0.25, 0.3) is 6.29 Å². The first-order valence-electron chi connectivity index (χ1n) is 7.87. The Morgan fingerprint density at radius 3 is 2.65 bits per heavy atom. The molecule has 1 aliphatic rings. The zero-order valence-corrected chi connectivity index (χ0v) is 14.3. The van der Waals surface area contributed by atoms with Crippen molar-refractivity contribution in [2.45, 2.75) is 13.2 Å². The average molecular weight is 356 g/mol. The minimum atomic E-state index is -1.02. The van der Waals surface area contributed by atoms with Gasteiger partial charge in [-0.3, -0.25) is 4.79 Å². The molecule has 0 aliphatic carbocycles. The number of aromatic hydroxyl groups is 2. The third-order valence-corrected chi connectivity index (χ3v) is 4.53. The van der Waals surface area contributed by atoms with E-state index in [1.807, 2.05) is 0 Å². The molecule has 134 valence electrons. The molecule has 7 nitrogen and oxygen atoms in total. The molecule has 4 rings (SSSR count). The third kappa shape index (κ3) is 2.07. The summed E-state index contributed by atoms with van der Waals surface area (Å²) in [7, 11) is 2.86. The molecule has 0 saturated carbocycles. The molecule has 2 aromatic carbocycles. The van der Waals surface area contributed by atoms with Crippen LogP contribution >= 0.6 is 0 Å². The lowest BCUT2D eigenvalue weighted by atomic mass is 9.97. The van der Waals surface area contributed by atoms with E-state index in [9.17, 15) is 15.0 Å². The van der Waals surface area contributed by atoms with Gasteiger partial charge in [-0.25, -0.2) is 0 Å². The topological polar surface area (TPSA) is 98.4 Å². The van der Waals surface area contributed by atoms with Crippen molar-refractivity contribution < 1.29 is 28.8 Å². The molecule has 3 aromatic rings. The van der Waals surface area contributed by atoms with Gasteiger partial charge in [0, 0.05) is 24.3 Å². The van der Waals surface area contributed by atoms with Gasteiger partial charge < -0.3 is 28.8 Å². The third-order valence-electron chi connectivity index (χ3n) is 4.53. The van der Waals surface area contributed by atoms with Crippen molar-refractivity contribution in [2.24, 2.45) is 0 Å². The molecule has 1 aromatic heterocycles. The molecular weight excluding hydrogens is 340 g/mol. The van der Waals surface area contributed by atoms with E-state index in [0.29, 0.717) is 16.9 Å². The number of fused-ring (bicyclic) bond motifs is 4. The standard InChI is InChI=1S/C19H16O7/c1-8-11(23-2)7-12-14(15(8)21)16(22)13-9-5-4-6-10(20)17(9)26-19(24-3)18(13)25-12/h4-7,19-21H,1-3H3. The highest BCUT2D eigenvalue weighted by atomic mass is 16.7. The first-order valence-corrected chi connectivity index (χ1v) is 7.87. The number of methoxy groups -OCH3 is 2. The van der Waals surface area contributed by atoms with Crippen molar-refractivity contribution >= 4 is 11.0 Å². The monoisotopic (exact) mass is 356 g/mol. The quantitative estimate of drug-likeness (QED) is 0.727. The van der Waals surface area contributed by atoms with E-state index in [-0.39, 0.29) is 39.5 Å². The predicted molar refractivity (Wildman–Crippen MR) is 92.9 cm³/mol. The zero-order chi connectivity index (χ0) is 18.6. The highest BCUT2D eigenvalue weighted by Gasteiger charge is 2.34. The minimum absolute atomic E-state index is 0.0353. The summed E-state index contributed by atoms with van der Waals surface area (Å²) < 4.78 is 22.0. The van der Waals surface area contributed by atoms with Crippen molar-refractivity contribution in [1.82, 2.24) is 0 Å². The van der Waals surface area contributed by atoms with Crippen molar-refractivity contribution in [1.29, 1.82) is 0 Å². The summed E-state index contributed by atoms with van der Waals surface area (Å²) in [5.74, 6) is 0.348. The van der Waals surface area contributed by atoms with E-state index < -0.39 is 11.7 Å². The van der Waals surface area contributed by atoms with Crippen LogP contribution in [0.1, 0.15) is 17.6 Å². The lowest BCUT2D eigenvalue weighted by Crippen LogP contribution is -2.21. The van der Waals surface area contributed by atoms with Crippen LogP contribution in [0.5, 0.6) is 23.0 Å². The van der Waals surface area contributed by atoms with E-state index in [4.69, 9.17) is 18.6 Å². The Morgan fingerprint density at radius 1 is 1.19 bits per heavy atom. The van der Waals surface area contributed by atoms with E-state index in [1.54, 1.807) is 19.1 Å². The van der Waals surface area contributed by atoms with Crippen LogP contribution in [0.3, 0.4) is 0 Å². The normalized spacial score (nSPS) is 15.3. The number of benzene rings is 2. The van der Waals surface area contributed by atoms with Gasteiger partial charge in [0.2, 0.25) is 5.43 Å². The van der Waals surface area contributed by atoms with E-state index in [0.717, 1.165) is 0 Å². The summed E-state index contributed by atoms with van der Waals surface area (Å²) in [5, 5.41) is 20.6. The molecule has 1 atom stereocenters. The smallest absolute Gasteiger partial charge is 0.260 e. The summed E-state index contributed by atoms with van der Waals surface area (Å²) in [5.41, 5.74) is 0.696. The first kappa shape index (κ1) is 16.3. The fraction of sp³-hybridized carbons (Fsp3) is 0.211. The van der Waals surface area contributed by atoms with Gasteiger partial charge >= 0.3 is 0 Å². The maximum absolute atomic E-state index is 13.2. The minimum Gasteiger partial charge on any atom is -0.507 e. The molecular formula is C19H16O7. The Hall–Kier alpha value is -3.19. The van der Waals surface area contributed by atoms with Gasteiger partial charge in [-0.05, 0) is 13.0 Å². The number of rotatable bonds is 2. The van der Waals surface area contributed by atoms with Gasteiger partial charge in [0.05, 0.1) is 12.7 Å². The van der Waals surface area contributed by atoms with E-state index in [2.05, 4.69) is 0 Å². The number of phenolic OH excluding ortho intramolecular Hbond substituents is 2. The zero-order valence-electron chi connectivity index (χ0n) is 14.3. The van der Waals surface area contributed by atoms with Gasteiger partial charge in [-0.1, -0.05) is 12.1 Å². The van der Waals surface area contributed by atoms with Crippen LogP contribution in [-0.4, -0.2) is 24.4 Å². The first-order chi connectivity index (χ1) is 12.5. The van der Waals surface area contributed by atoms with E-state index in [1.165, 1.54) is 26.4 Å². The van der Waals surface area contributed by atoms with Crippen molar-refractivity contribution in [2.75, 3.05) is 14.2 Å². The van der Waals surface area contributed by atoms with Crippen LogP contribution in [0, 0.1) is 6.92 Å². The van der Waals surface area contributed by atoms with Crippen LogP contribution in [0.2, 0.25) is 0 Å². The van der Waals surface area contributed by atoms with Crippen LogP contribution in [0.4, 0.5) is 0 Å². The Bertz CT molecular complexity index is 1100. The van der Waals surface area contributed by atoms with Gasteiger partial charge in [0.1, 0.15) is 22.5 Å². The molecule has 2 N–H and O–H groups in total. The highest BCUT2D eigenvalue weighted by Crippen LogP contribution is 2.47. The van der Waals surface area contributed by atoms with Crippen molar-refractivity contribution in [3.63, 3.8) is 0 Å². The average Bonchev–Trinajstić information content (AvgIpc) is 2.64. The van der Waals surface area contributed by atoms with Crippen LogP contribution in [0.15, 0.2) is 33.5 Å². The molecule has 0 saturated heterocycles. The molecule has 7 heteroatoms. The second kappa shape index (κ2) is 5.67. The molecule has 0 radical (unpaired) electrons. The summed E-state index contributed by atoms with van der Waals surface area (Å²) in [4.78, 5) is 13.2. The number of phenols is 2. The summed E-state index contributed by atoms with van der Waals surface area (Å²) in [6.45, 7) is 1.65. The van der Waals surface area contributed by atoms with Crippen LogP contribution < -0.4 is 14.9 Å². The summed E-state index contributed by atoms with van der Waals surface area (Å²) in [6, 6.07) is 6.22. The van der Waals surface area contributed by atoms with Crippen LogP contribution in [-0.2, 0) is 4.74 Å². The number of hydrogen-bond acceptors (Lipinski definition) is 7. The Labute approximate surface area is 148 Å². The maximum atomic E-state index is 13.2. The van der Waals surface area contributed by atoms with Crippen molar-refractivity contribution in [3.8, 4) is 34.1 Å². The molecule has 1 unspecified atom stereocenters. The molecule has 1 aliphatic heterocycles. The lowest BCUT2D eigenvalue weighted by molar-refractivity contribution is -0.0727. The van der Waals surface area contributed by atoms with Gasteiger partial charge in [-0.15, -0.1) is 0 Å². The van der Waals surface area contributed by atoms with Crippen LogP contribution in [0.25, 0.3) is 22.1 Å². The van der Waals surface area contributed by atoms with Crippen molar-refractivity contribution in [3.05, 3.63) is 45.8 Å². The summed E-state index contributed by atoms with van der Waals surface area (Å²) >= 11 is 0. The fourth-order valence-electron chi connectivity index (χ4n) is 3.22. The molecule has 26 heavy (non-hydrogen) atoms. The number of ether oxygens (including phenoxy) is 3. The number of hydrogen-bond donors (Lipinski definition) is 2. The predicted octanol–water partition coefficient (Wildman–Crippen LogP) is 3.23. The second-order valence-corrected chi connectivity index (χ2v) is 5.94. The molecule has 0 amide bonds. The second-order valence-electron chi connectivity index (χ2n) is 5.94. The Kier molecular flexibility index (Phi) is 3.55. The fourth-order valence-corrected chi connectivity index (χ4v) is 3.22. The largest absolute Gasteiger partial charge is 0.507 e. The van der Waals surface area contributed by atoms with Gasteiger partial charge in [0.15, 0.2) is 17.3 Å². The van der Waals surface area contributed by atoms with Gasteiger partial charge in [-0.2, -0.15) is 0 Å². The maximum Gasteiger partial charge on any atom is 0.260 e. The summed E-state index contributed by atoms with van der Waals surface area (Å²) in [6.07, 6.45) is -1.02. The number of para-hydroxylation sites is 1. The molecule has 0 fully saturated rings. The SMILES string of the molecule is COc1cc2oc3c(c(=O)c2c(O)c1C)-c1cccc(O)c1OC3OC. The molecule has 0 spiro atoms. The molecule has 0 bridgehead atoms. The van der Waals surface area contributed by atoms with E-state index >= 15 is 0 Å². The molecule has 2 heterocycles. The lowest BCUT2D eigenvalue weighted by Gasteiger charge is -2.26.